The molecule has 0 aliphatic rings. The molecule has 4 N–H and O–H groups in total. The number of halogens is 1. The lowest BCUT2D eigenvalue weighted by Gasteiger charge is -2.33. The van der Waals surface area contributed by atoms with E-state index < -0.39 is 0 Å². The molecule has 0 bridgehead atoms. The summed E-state index contributed by atoms with van der Waals surface area (Å²) in [5, 5.41) is 14.5. The molecule has 0 saturated carbocycles. The molecule has 1 aromatic heterocycles. The summed E-state index contributed by atoms with van der Waals surface area (Å²) in [6.07, 6.45) is 1.76. The number of aliphatic hydroxyl groups excluding tert-OH is 1. The van der Waals surface area contributed by atoms with Crippen LogP contribution in [0.4, 0.5) is 5.13 Å². The first-order valence-electron chi connectivity index (χ1n) is 7.15. The Morgan fingerprint density at radius 2 is 2.05 bits per heavy atom. The second-order valence-corrected chi connectivity index (χ2v) is 7.82. The Balaban J connectivity index is 2.41. The molecule has 0 radical (unpaired) electrons. The van der Waals surface area contributed by atoms with E-state index in [2.05, 4.69) is 31.1 Å². The number of nitrogens with one attached hydrogen (secondary N) is 1. The maximum atomic E-state index is 9.75. The lowest BCUT2D eigenvalue weighted by atomic mass is 9.86. The van der Waals surface area contributed by atoms with Crippen LogP contribution in [-0.4, -0.2) is 22.7 Å². The van der Waals surface area contributed by atoms with Crippen molar-refractivity contribution in [1.82, 2.24) is 10.3 Å². The third kappa shape index (κ3) is 3.98. The monoisotopic (exact) mass is 339 g/mol. The van der Waals surface area contributed by atoms with Gasteiger partial charge in [-0.2, -0.15) is 0 Å². The van der Waals surface area contributed by atoms with Crippen molar-refractivity contribution in [1.29, 1.82) is 0 Å². The van der Waals surface area contributed by atoms with Gasteiger partial charge in [-0.25, -0.2) is 4.98 Å². The fourth-order valence-electron chi connectivity index (χ4n) is 2.25. The van der Waals surface area contributed by atoms with Crippen LogP contribution in [-0.2, 0) is 0 Å². The van der Waals surface area contributed by atoms with Crippen molar-refractivity contribution in [2.24, 2.45) is 5.41 Å². The third-order valence-electron chi connectivity index (χ3n) is 3.64. The van der Waals surface area contributed by atoms with Crippen LogP contribution in [0.5, 0.6) is 0 Å². The summed E-state index contributed by atoms with van der Waals surface area (Å²) in [5.74, 6) is 0. The van der Waals surface area contributed by atoms with E-state index in [4.69, 9.17) is 17.3 Å². The van der Waals surface area contributed by atoms with E-state index in [1.807, 2.05) is 24.3 Å². The van der Waals surface area contributed by atoms with Crippen LogP contribution in [0.25, 0.3) is 0 Å². The summed E-state index contributed by atoms with van der Waals surface area (Å²) >= 11 is 7.79. The second-order valence-electron chi connectivity index (χ2n) is 6.32. The van der Waals surface area contributed by atoms with Gasteiger partial charge in [0.2, 0.25) is 0 Å². The van der Waals surface area contributed by atoms with Gasteiger partial charge >= 0.3 is 0 Å². The van der Waals surface area contributed by atoms with E-state index in [9.17, 15) is 5.11 Å². The Bertz CT molecular complexity index is 624. The van der Waals surface area contributed by atoms with Crippen LogP contribution >= 0.6 is 22.9 Å². The number of thiazole rings is 1. The number of aromatic nitrogens is 1. The molecular weight excluding hydrogens is 318 g/mol. The largest absolute Gasteiger partial charge is 0.395 e. The highest BCUT2D eigenvalue weighted by molar-refractivity contribution is 7.15. The first-order valence-corrected chi connectivity index (χ1v) is 8.35. The normalized spacial score (nSPS) is 14.8. The van der Waals surface area contributed by atoms with Gasteiger partial charge in [0, 0.05) is 22.1 Å². The van der Waals surface area contributed by atoms with Gasteiger partial charge in [0.05, 0.1) is 12.6 Å². The maximum Gasteiger partial charge on any atom is 0.180 e. The van der Waals surface area contributed by atoms with Gasteiger partial charge in [0.15, 0.2) is 5.13 Å². The lowest BCUT2D eigenvalue weighted by molar-refractivity contribution is 0.152. The molecule has 1 unspecified atom stereocenters. The Morgan fingerprint density at radius 1 is 1.36 bits per heavy atom. The van der Waals surface area contributed by atoms with Gasteiger partial charge in [-0.3, -0.25) is 5.32 Å². The van der Waals surface area contributed by atoms with E-state index >= 15 is 0 Å². The number of nitrogens with two attached hydrogens (primary N) is 1. The molecule has 0 aliphatic heterocycles. The summed E-state index contributed by atoms with van der Waals surface area (Å²) in [7, 11) is 0. The van der Waals surface area contributed by atoms with Crippen LogP contribution in [0.1, 0.15) is 37.3 Å². The number of nitrogens with zero attached hydrogens (tertiary/aromatic N) is 1. The number of nitrogen functional groups attached to an aromatic ring is 1. The van der Waals surface area contributed by atoms with E-state index in [0.717, 1.165) is 10.4 Å². The Kier molecular flexibility index (Phi) is 5.45. The Morgan fingerprint density at radius 3 is 2.55 bits per heavy atom. The molecular formula is C16H22ClN3OS. The highest BCUT2D eigenvalue weighted by Crippen LogP contribution is 2.34. The lowest BCUT2D eigenvalue weighted by Crippen LogP contribution is -2.45. The number of anilines is 1. The summed E-state index contributed by atoms with van der Waals surface area (Å²) in [6.45, 7) is 6.31. The molecule has 1 heterocycles. The van der Waals surface area contributed by atoms with E-state index in [1.165, 1.54) is 11.3 Å². The van der Waals surface area contributed by atoms with Crippen molar-refractivity contribution in [3.8, 4) is 0 Å². The number of hydrogen-bond donors (Lipinski definition) is 3. The van der Waals surface area contributed by atoms with Gasteiger partial charge < -0.3 is 10.8 Å². The van der Waals surface area contributed by atoms with Crippen molar-refractivity contribution in [3.05, 3.63) is 45.9 Å². The van der Waals surface area contributed by atoms with Crippen LogP contribution in [0.15, 0.2) is 30.5 Å². The number of hydrogen-bond acceptors (Lipinski definition) is 5. The average Bonchev–Trinajstić information content (AvgIpc) is 2.86. The van der Waals surface area contributed by atoms with Crippen molar-refractivity contribution in [2.45, 2.75) is 32.9 Å². The summed E-state index contributed by atoms with van der Waals surface area (Å²) in [4.78, 5) is 5.12. The van der Waals surface area contributed by atoms with Gasteiger partial charge in [-0.1, -0.05) is 50.6 Å². The van der Waals surface area contributed by atoms with Crippen LogP contribution in [0.2, 0.25) is 5.02 Å². The summed E-state index contributed by atoms with van der Waals surface area (Å²) < 4.78 is 0. The summed E-state index contributed by atoms with van der Waals surface area (Å²) in [5.41, 5.74) is 6.64. The fraction of sp³-hybridized carbons (Fsp3) is 0.438. The Hall–Kier alpha value is -1.14. The minimum atomic E-state index is -0.153. The zero-order valence-corrected chi connectivity index (χ0v) is 14.6. The van der Waals surface area contributed by atoms with Gasteiger partial charge in [0.1, 0.15) is 0 Å². The van der Waals surface area contributed by atoms with Crippen molar-refractivity contribution < 1.29 is 5.11 Å². The van der Waals surface area contributed by atoms with Gasteiger partial charge in [-0.05, 0) is 17.0 Å². The highest BCUT2D eigenvalue weighted by atomic mass is 35.5. The molecule has 4 nitrogen and oxygen atoms in total. The molecule has 2 aromatic rings. The van der Waals surface area contributed by atoms with E-state index in [-0.39, 0.29) is 24.1 Å². The molecule has 0 spiro atoms. The molecule has 22 heavy (non-hydrogen) atoms. The predicted octanol–water partition coefficient (Wildman–Crippen LogP) is 3.46. The van der Waals surface area contributed by atoms with E-state index in [0.29, 0.717) is 10.2 Å². The molecule has 0 fully saturated rings. The number of aliphatic hydroxyl groups is 1. The average molecular weight is 340 g/mol. The standard InChI is InChI=1S/C16H22ClN3OS/c1-16(2,3)13(9-21)20-14(12-8-19-15(18)22-12)10-6-4-5-7-11(10)17/h4-8,13-14,20-21H,9H2,1-3H3,(H2,18,19)/t13-,14?/m0/s1. The molecule has 0 amide bonds. The molecule has 1 aromatic carbocycles. The van der Waals surface area contributed by atoms with Crippen LogP contribution in [0, 0.1) is 5.41 Å². The topological polar surface area (TPSA) is 71.2 Å². The van der Waals surface area contributed by atoms with Crippen LogP contribution in [0.3, 0.4) is 0 Å². The third-order valence-corrected chi connectivity index (χ3v) is 4.87. The Labute approximate surface area is 140 Å². The first kappa shape index (κ1) is 17.2. The molecule has 120 valence electrons. The highest BCUT2D eigenvalue weighted by Gasteiger charge is 2.29. The first-order chi connectivity index (χ1) is 10.3. The number of benzene rings is 1. The molecule has 2 atom stereocenters. The SMILES string of the molecule is CC(C)(C)[C@H](CO)NC(c1cnc(N)s1)c1ccccc1Cl. The smallest absolute Gasteiger partial charge is 0.180 e. The van der Waals surface area contributed by atoms with Crippen molar-refractivity contribution in [3.63, 3.8) is 0 Å². The quantitative estimate of drug-likeness (QED) is 0.780. The molecule has 0 saturated heterocycles. The van der Waals surface area contributed by atoms with E-state index in [1.54, 1.807) is 6.20 Å². The molecule has 6 heteroatoms. The van der Waals surface area contributed by atoms with Gasteiger partial charge in [-0.15, -0.1) is 11.3 Å². The van der Waals surface area contributed by atoms with Crippen molar-refractivity contribution >= 4 is 28.1 Å². The zero-order valence-electron chi connectivity index (χ0n) is 13.0. The van der Waals surface area contributed by atoms with Crippen LogP contribution < -0.4 is 11.1 Å². The second kappa shape index (κ2) is 6.96. The summed E-state index contributed by atoms with van der Waals surface area (Å²) in [6, 6.07) is 7.45. The minimum absolute atomic E-state index is 0.0404. The minimum Gasteiger partial charge on any atom is -0.395 e. The predicted molar refractivity (Wildman–Crippen MR) is 93.3 cm³/mol. The molecule has 0 aliphatic carbocycles. The maximum absolute atomic E-state index is 9.75. The van der Waals surface area contributed by atoms with Crippen molar-refractivity contribution in [2.75, 3.05) is 12.3 Å². The molecule has 2 rings (SSSR count). The van der Waals surface area contributed by atoms with Gasteiger partial charge in [0.25, 0.3) is 0 Å². The zero-order chi connectivity index (χ0) is 16.3. The number of rotatable bonds is 5. The fourth-order valence-corrected chi connectivity index (χ4v) is 3.26.